The number of hydrogen-bond donors (Lipinski definition) is 2. The fraction of sp³-hybridized carbons (Fsp3) is 0.588. The molecule has 2 rings (SSSR count). The highest BCUT2D eigenvalue weighted by molar-refractivity contribution is 14.0. The number of guanidine groups is 1. The van der Waals surface area contributed by atoms with Crippen LogP contribution in [-0.4, -0.2) is 70.8 Å². The molecule has 1 saturated heterocycles. The van der Waals surface area contributed by atoms with Crippen molar-refractivity contribution >= 4 is 45.6 Å². The zero-order chi connectivity index (χ0) is 20.2. The van der Waals surface area contributed by atoms with Crippen molar-refractivity contribution in [3.63, 3.8) is 0 Å². The maximum atomic E-state index is 13.9. The summed E-state index contributed by atoms with van der Waals surface area (Å²) >= 11 is 0. The molecule has 1 fully saturated rings. The summed E-state index contributed by atoms with van der Waals surface area (Å²) in [6, 6.07) is 3.44. The van der Waals surface area contributed by atoms with Crippen molar-refractivity contribution in [3.8, 4) is 0 Å². The van der Waals surface area contributed by atoms with E-state index in [9.17, 15) is 17.2 Å². The van der Waals surface area contributed by atoms with Gasteiger partial charge in [-0.05, 0) is 26.0 Å². The Kier molecular flexibility index (Phi) is 8.88. The van der Waals surface area contributed by atoms with E-state index < -0.39 is 27.2 Å². The largest absolute Gasteiger partial charge is 0.366 e. The van der Waals surface area contributed by atoms with Crippen molar-refractivity contribution in [2.75, 3.05) is 50.9 Å². The highest BCUT2D eigenvalue weighted by atomic mass is 127. The Morgan fingerprint density at radius 2 is 1.82 bits per heavy atom. The van der Waals surface area contributed by atoms with Gasteiger partial charge < -0.3 is 15.1 Å². The molecule has 11 heteroatoms. The number of sulfonamides is 1. The molecule has 1 heterocycles. The summed E-state index contributed by atoms with van der Waals surface area (Å²) in [7, 11) is -1.67. The number of piperazine rings is 1. The Labute approximate surface area is 182 Å². The van der Waals surface area contributed by atoms with Crippen LogP contribution in [0.4, 0.5) is 14.5 Å². The molecule has 0 bridgehead atoms. The Balaban J connectivity index is 0.00000392. The number of aliphatic imine (C=N–C) groups is 1. The second kappa shape index (κ2) is 10.0. The van der Waals surface area contributed by atoms with Crippen LogP contribution in [0.25, 0.3) is 0 Å². The second-order valence-electron chi connectivity index (χ2n) is 7.23. The molecule has 0 aromatic heterocycles. The summed E-state index contributed by atoms with van der Waals surface area (Å²) in [6.07, 6.45) is 1.12. The fourth-order valence-electron chi connectivity index (χ4n) is 3.06. The number of benzene rings is 1. The van der Waals surface area contributed by atoms with Crippen molar-refractivity contribution in [3.05, 3.63) is 29.8 Å². The third-order valence-corrected chi connectivity index (χ3v) is 5.11. The molecule has 0 atom stereocenters. The second-order valence-corrected chi connectivity index (χ2v) is 8.98. The lowest BCUT2D eigenvalue weighted by atomic mass is 10.1. The number of anilines is 1. The number of rotatable bonds is 5. The summed E-state index contributed by atoms with van der Waals surface area (Å²) in [4.78, 5) is 8.05. The number of nitrogens with one attached hydrogen (secondary N) is 2. The van der Waals surface area contributed by atoms with Gasteiger partial charge in [0.1, 0.15) is 11.6 Å². The van der Waals surface area contributed by atoms with E-state index in [1.54, 1.807) is 25.8 Å². The lowest BCUT2D eigenvalue weighted by Gasteiger charge is -2.38. The summed E-state index contributed by atoms with van der Waals surface area (Å²) in [5.41, 5.74) is -0.424. The maximum absolute atomic E-state index is 13.9. The third kappa shape index (κ3) is 7.32. The van der Waals surface area contributed by atoms with E-state index in [0.29, 0.717) is 38.7 Å². The van der Waals surface area contributed by atoms with E-state index in [-0.39, 0.29) is 29.7 Å². The van der Waals surface area contributed by atoms with Gasteiger partial charge in [0, 0.05) is 51.4 Å². The summed E-state index contributed by atoms with van der Waals surface area (Å²) in [5, 5.41) is 3.17. The summed E-state index contributed by atoms with van der Waals surface area (Å²) in [5.74, 6) is -0.273. The first-order valence-electron chi connectivity index (χ1n) is 8.65. The Morgan fingerprint density at radius 1 is 1.21 bits per heavy atom. The number of hydrogen-bond acceptors (Lipinski definition) is 4. The topological polar surface area (TPSA) is 77.0 Å². The zero-order valence-electron chi connectivity index (χ0n) is 16.5. The first-order valence-corrected chi connectivity index (χ1v) is 10.5. The number of nitrogens with zero attached hydrogens (tertiary/aromatic N) is 3. The van der Waals surface area contributed by atoms with Crippen LogP contribution in [0, 0.1) is 11.6 Å². The van der Waals surface area contributed by atoms with Crippen molar-refractivity contribution in [1.82, 2.24) is 14.9 Å². The van der Waals surface area contributed by atoms with Gasteiger partial charge in [0.25, 0.3) is 0 Å². The molecule has 160 valence electrons. The normalized spacial score (nSPS) is 16.0. The van der Waals surface area contributed by atoms with Crippen LogP contribution in [-0.2, 0) is 10.0 Å². The smallest absolute Gasteiger partial charge is 0.209 e. The molecule has 0 saturated carbocycles. The molecule has 0 aliphatic carbocycles. The standard InChI is InChI=1S/C17H27F2N5O2S.HI/c1-17(2,22-27(4,25)26)12-21-16(20-3)24-9-7-23(8-10-24)15-11-13(18)5-6-14(15)19;/h5-6,11,22H,7-10,12H2,1-4H3,(H,20,21);1H. The van der Waals surface area contributed by atoms with E-state index in [1.165, 1.54) is 6.07 Å². The fourth-order valence-corrected chi connectivity index (χ4v) is 4.13. The van der Waals surface area contributed by atoms with Crippen LogP contribution >= 0.6 is 24.0 Å². The molecule has 1 aromatic rings. The predicted octanol–water partition coefficient (Wildman–Crippen LogP) is 1.61. The zero-order valence-corrected chi connectivity index (χ0v) is 19.6. The minimum atomic E-state index is -3.32. The van der Waals surface area contributed by atoms with E-state index in [4.69, 9.17) is 0 Å². The molecular formula is C17H28F2IN5O2S. The molecule has 1 aliphatic rings. The van der Waals surface area contributed by atoms with E-state index in [0.717, 1.165) is 18.4 Å². The van der Waals surface area contributed by atoms with Crippen molar-refractivity contribution in [2.24, 2.45) is 4.99 Å². The molecule has 28 heavy (non-hydrogen) atoms. The molecule has 0 radical (unpaired) electrons. The Morgan fingerprint density at radius 3 is 2.36 bits per heavy atom. The molecular weight excluding hydrogens is 503 g/mol. The molecule has 7 nitrogen and oxygen atoms in total. The highest BCUT2D eigenvalue weighted by Gasteiger charge is 2.25. The van der Waals surface area contributed by atoms with Gasteiger partial charge in [0.15, 0.2) is 5.96 Å². The van der Waals surface area contributed by atoms with Crippen LogP contribution in [0.3, 0.4) is 0 Å². The Bertz CT molecular complexity index is 797. The monoisotopic (exact) mass is 531 g/mol. The molecule has 0 spiro atoms. The molecule has 1 aliphatic heterocycles. The van der Waals surface area contributed by atoms with E-state index in [1.807, 2.05) is 4.90 Å². The molecule has 0 unspecified atom stereocenters. The van der Waals surface area contributed by atoms with Gasteiger partial charge in [-0.15, -0.1) is 24.0 Å². The van der Waals surface area contributed by atoms with Crippen LogP contribution in [0.5, 0.6) is 0 Å². The molecule has 1 aromatic carbocycles. The van der Waals surface area contributed by atoms with Gasteiger partial charge in [-0.25, -0.2) is 21.9 Å². The summed E-state index contributed by atoms with van der Waals surface area (Å²) in [6.45, 7) is 6.10. The van der Waals surface area contributed by atoms with Crippen molar-refractivity contribution < 1.29 is 17.2 Å². The maximum Gasteiger partial charge on any atom is 0.209 e. The van der Waals surface area contributed by atoms with Crippen LogP contribution in [0.1, 0.15) is 13.8 Å². The SMILES string of the molecule is CN=C(NCC(C)(C)NS(C)(=O)=O)N1CCN(c2cc(F)ccc2F)CC1.I. The first-order chi connectivity index (χ1) is 12.5. The lowest BCUT2D eigenvalue weighted by Crippen LogP contribution is -2.57. The molecule has 2 N–H and O–H groups in total. The Hall–Kier alpha value is -1.21. The first kappa shape index (κ1) is 24.8. The van der Waals surface area contributed by atoms with E-state index in [2.05, 4.69) is 15.0 Å². The minimum Gasteiger partial charge on any atom is -0.366 e. The van der Waals surface area contributed by atoms with Crippen LogP contribution in [0.15, 0.2) is 23.2 Å². The van der Waals surface area contributed by atoms with Crippen LogP contribution < -0.4 is 14.9 Å². The van der Waals surface area contributed by atoms with Gasteiger partial charge in [0.05, 0.1) is 11.9 Å². The predicted molar refractivity (Wildman–Crippen MR) is 119 cm³/mol. The lowest BCUT2D eigenvalue weighted by molar-refractivity contribution is 0.361. The van der Waals surface area contributed by atoms with Crippen molar-refractivity contribution in [2.45, 2.75) is 19.4 Å². The summed E-state index contributed by atoms with van der Waals surface area (Å²) < 4.78 is 52.8. The van der Waals surface area contributed by atoms with Crippen molar-refractivity contribution in [1.29, 1.82) is 0 Å². The number of halogens is 3. The van der Waals surface area contributed by atoms with E-state index >= 15 is 0 Å². The average Bonchev–Trinajstić information content (AvgIpc) is 2.56. The van der Waals surface area contributed by atoms with Gasteiger partial charge in [-0.2, -0.15) is 0 Å². The average molecular weight is 531 g/mol. The minimum absolute atomic E-state index is 0. The van der Waals surface area contributed by atoms with Gasteiger partial charge in [-0.1, -0.05) is 0 Å². The highest BCUT2D eigenvalue weighted by Crippen LogP contribution is 2.22. The molecule has 0 amide bonds. The third-order valence-electron chi connectivity index (χ3n) is 4.19. The van der Waals surface area contributed by atoms with Crippen LogP contribution in [0.2, 0.25) is 0 Å². The van der Waals surface area contributed by atoms with Gasteiger partial charge in [-0.3, -0.25) is 4.99 Å². The van der Waals surface area contributed by atoms with Gasteiger partial charge in [0.2, 0.25) is 10.0 Å². The quantitative estimate of drug-likeness (QED) is 0.343. The van der Waals surface area contributed by atoms with Gasteiger partial charge >= 0.3 is 0 Å².